The van der Waals surface area contributed by atoms with Crippen molar-refractivity contribution >= 4 is 12.0 Å². The van der Waals surface area contributed by atoms with Gasteiger partial charge in [-0.25, -0.2) is 19.2 Å². The zero-order valence-corrected chi connectivity index (χ0v) is 14.6. The third-order valence-electron chi connectivity index (χ3n) is 4.08. The van der Waals surface area contributed by atoms with Gasteiger partial charge in [0.05, 0.1) is 11.3 Å². The first-order chi connectivity index (χ1) is 12.5. The molecule has 0 unspecified atom stereocenters. The molecule has 8 heteroatoms. The predicted octanol–water partition coefficient (Wildman–Crippen LogP) is 2.78. The highest BCUT2D eigenvalue weighted by molar-refractivity contribution is 6.00. The number of hydrogen-bond donors (Lipinski definition) is 1. The molecule has 0 saturated carbocycles. The highest BCUT2D eigenvalue weighted by Gasteiger charge is 2.23. The molecule has 136 valence electrons. The summed E-state index contributed by atoms with van der Waals surface area (Å²) in [5.41, 5.74) is 3.22. The van der Waals surface area contributed by atoms with Crippen molar-refractivity contribution in [1.29, 1.82) is 0 Å². The van der Waals surface area contributed by atoms with E-state index in [0.717, 1.165) is 12.8 Å². The van der Waals surface area contributed by atoms with Crippen molar-refractivity contribution < 1.29 is 18.8 Å². The van der Waals surface area contributed by atoms with Crippen molar-refractivity contribution in [2.75, 3.05) is 13.1 Å². The van der Waals surface area contributed by atoms with Crippen molar-refractivity contribution in [3.8, 4) is 11.3 Å². The standard InChI is InChI=1S/C18H19FN4O3/c1-11-10-15(21-12(2)20-11)13-6-5-7-14(19)16(13)17(24)22-26-18(25)23-8-3-4-9-23/h5-7,10H,3-4,8-9H2,1-2H3,(H,22,24). The Balaban J connectivity index is 1.84. The highest BCUT2D eigenvalue weighted by Crippen LogP contribution is 2.25. The molecule has 1 aromatic heterocycles. The lowest BCUT2D eigenvalue weighted by molar-refractivity contribution is 0.0448. The van der Waals surface area contributed by atoms with E-state index in [4.69, 9.17) is 4.84 Å². The van der Waals surface area contributed by atoms with Gasteiger partial charge in [-0.1, -0.05) is 12.1 Å². The van der Waals surface area contributed by atoms with Crippen LogP contribution in [0.2, 0.25) is 0 Å². The summed E-state index contributed by atoms with van der Waals surface area (Å²) >= 11 is 0. The van der Waals surface area contributed by atoms with Crippen LogP contribution >= 0.6 is 0 Å². The highest BCUT2D eigenvalue weighted by atomic mass is 19.1. The van der Waals surface area contributed by atoms with E-state index in [-0.39, 0.29) is 5.56 Å². The van der Waals surface area contributed by atoms with E-state index in [1.165, 1.54) is 17.0 Å². The molecule has 2 amide bonds. The summed E-state index contributed by atoms with van der Waals surface area (Å²) in [6.07, 6.45) is 1.14. The molecule has 26 heavy (non-hydrogen) atoms. The van der Waals surface area contributed by atoms with E-state index in [0.29, 0.717) is 35.9 Å². The van der Waals surface area contributed by atoms with Gasteiger partial charge in [0, 0.05) is 24.3 Å². The minimum absolute atomic E-state index is 0.237. The number of hydroxylamine groups is 1. The van der Waals surface area contributed by atoms with Crippen LogP contribution in [-0.4, -0.2) is 40.0 Å². The molecular weight excluding hydrogens is 339 g/mol. The average molecular weight is 358 g/mol. The van der Waals surface area contributed by atoms with Crippen LogP contribution in [0.15, 0.2) is 24.3 Å². The summed E-state index contributed by atoms with van der Waals surface area (Å²) in [7, 11) is 0. The van der Waals surface area contributed by atoms with Gasteiger partial charge < -0.3 is 9.74 Å². The van der Waals surface area contributed by atoms with Gasteiger partial charge in [0.2, 0.25) is 0 Å². The first-order valence-electron chi connectivity index (χ1n) is 8.33. The Hall–Kier alpha value is -3.03. The first kappa shape index (κ1) is 17.8. The normalized spacial score (nSPS) is 13.6. The molecule has 2 aromatic rings. The van der Waals surface area contributed by atoms with E-state index in [1.54, 1.807) is 26.0 Å². The van der Waals surface area contributed by atoms with Gasteiger partial charge in [0.1, 0.15) is 11.6 Å². The topological polar surface area (TPSA) is 84.4 Å². The molecule has 1 aromatic carbocycles. The van der Waals surface area contributed by atoms with Crippen molar-refractivity contribution in [3.63, 3.8) is 0 Å². The van der Waals surface area contributed by atoms with Crippen LogP contribution in [0.3, 0.4) is 0 Å². The van der Waals surface area contributed by atoms with Crippen LogP contribution in [0.1, 0.15) is 34.7 Å². The fraction of sp³-hybridized carbons (Fsp3) is 0.333. The molecule has 7 nitrogen and oxygen atoms in total. The Labute approximate surface area is 150 Å². The van der Waals surface area contributed by atoms with E-state index in [9.17, 15) is 14.0 Å². The van der Waals surface area contributed by atoms with Gasteiger partial charge in [0.15, 0.2) is 0 Å². The number of aromatic nitrogens is 2. The number of halogens is 1. The van der Waals surface area contributed by atoms with Crippen molar-refractivity contribution in [2.45, 2.75) is 26.7 Å². The number of amides is 2. The lowest BCUT2D eigenvalue weighted by atomic mass is 10.0. The minimum atomic E-state index is -0.848. The summed E-state index contributed by atoms with van der Waals surface area (Å²) in [6, 6.07) is 5.91. The molecule has 0 aliphatic carbocycles. The molecule has 0 bridgehead atoms. The van der Waals surface area contributed by atoms with Gasteiger partial charge in [-0.05, 0) is 38.8 Å². The molecule has 2 heterocycles. The molecule has 1 saturated heterocycles. The molecule has 1 aliphatic rings. The smallest absolute Gasteiger partial charge is 0.321 e. The Morgan fingerprint density at radius 1 is 1.19 bits per heavy atom. The second kappa shape index (κ2) is 7.47. The number of hydrogen-bond acceptors (Lipinski definition) is 5. The van der Waals surface area contributed by atoms with Gasteiger partial charge in [-0.3, -0.25) is 4.79 Å². The Bertz CT molecular complexity index is 830. The largest absolute Gasteiger partial charge is 0.434 e. The average Bonchev–Trinajstić information content (AvgIpc) is 3.13. The predicted molar refractivity (Wildman–Crippen MR) is 91.7 cm³/mol. The first-order valence-corrected chi connectivity index (χ1v) is 8.33. The van der Waals surface area contributed by atoms with E-state index in [1.807, 2.05) is 5.48 Å². The van der Waals surface area contributed by atoms with Crippen LogP contribution in [0.5, 0.6) is 0 Å². The molecular formula is C18H19FN4O3. The summed E-state index contributed by atoms with van der Waals surface area (Å²) in [5.74, 6) is -1.07. The Morgan fingerprint density at radius 2 is 1.92 bits per heavy atom. The summed E-state index contributed by atoms with van der Waals surface area (Å²) in [5, 5.41) is 0. The Kier molecular flexibility index (Phi) is 5.11. The maximum absolute atomic E-state index is 14.4. The fourth-order valence-corrected chi connectivity index (χ4v) is 2.93. The number of rotatable bonds is 2. The van der Waals surface area contributed by atoms with Crippen molar-refractivity contribution in [2.24, 2.45) is 0 Å². The molecule has 0 spiro atoms. The molecule has 0 radical (unpaired) electrons. The third kappa shape index (κ3) is 3.79. The minimum Gasteiger partial charge on any atom is -0.321 e. The number of nitrogens with zero attached hydrogens (tertiary/aromatic N) is 3. The molecule has 3 rings (SSSR count). The van der Waals surface area contributed by atoms with Gasteiger partial charge in [-0.15, -0.1) is 0 Å². The lowest BCUT2D eigenvalue weighted by Gasteiger charge is -2.15. The number of aryl methyl sites for hydroxylation is 2. The van der Waals surface area contributed by atoms with Crippen LogP contribution in [0.25, 0.3) is 11.3 Å². The van der Waals surface area contributed by atoms with Gasteiger partial charge in [0.25, 0.3) is 5.91 Å². The number of carbonyl (C=O) groups excluding carboxylic acids is 2. The lowest BCUT2D eigenvalue weighted by Crippen LogP contribution is -2.36. The molecule has 0 atom stereocenters. The number of likely N-dealkylation sites (tertiary alicyclic amines) is 1. The zero-order chi connectivity index (χ0) is 18.7. The van der Waals surface area contributed by atoms with Crippen molar-refractivity contribution in [3.05, 3.63) is 47.2 Å². The van der Waals surface area contributed by atoms with Crippen LogP contribution in [0.4, 0.5) is 9.18 Å². The van der Waals surface area contributed by atoms with Crippen LogP contribution < -0.4 is 5.48 Å². The van der Waals surface area contributed by atoms with Gasteiger partial charge >= 0.3 is 6.09 Å². The summed E-state index contributed by atoms with van der Waals surface area (Å²) in [4.78, 5) is 39.1. The van der Waals surface area contributed by atoms with Gasteiger partial charge in [-0.2, -0.15) is 5.48 Å². The third-order valence-corrected chi connectivity index (χ3v) is 4.08. The maximum Gasteiger partial charge on any atom is 0.434 e. The van der Waals surface area contributed by atoms with Crippen LogP contribution in [0, 0.1) is 19.7 Å². The van der Waals surface area contributed by atoms with E-state index < -0.39 is 17.8 Å². The number of nitrogens with one attached hydrogen (secondary N) is 1. The molecule has 1 N–H and O–H groups in total. The van der Waals surface area contributed by atoms with E-state index >= 15 is 0 Å². The Morgan fingerprint density at radius 3 is 2.62 bits per heavy atom. The number of carbonyl (C=O) groups is 2. The fourth-order valence-electron chi connectivity index (χ4n) is 2.93. The summed E-state index contributed by atoms with van der Waals surface area (Å²) in [6.45, 7) is 4.67. The quantitative estimate of drug-likeness (QED) is 0.835. The monoisotopic (exact) mass is 358 g/mol. The molecule has 1 aliphatic heterocycles. The maximum atomic E-state index is 14.4. The molecule has 1 fully saturated rings. The SMILES string of the molecule is Cc1cc(-c2cccc(F)c2C(=O)NOC(=O)N2CCCC2)nc(C)n1. The second-order valence-electron chi connectivity index (χ2n) is 6.10. The second-order valence-corrected chi connectivity index (χ2v) is 6.10. The van der Waals surface area contributed by atoms with E-state index in [2.05, 4.69) is 9.97 Å². The zero-order valence-electron chi connectivity index (χ0n) is 14.6. The van der Waals surface area contributed by atoms with Crippen molar-refractivity contribution in [1.82, 2.24) is 20.3 Å². The number of benzene rings is 1. The summed E-state index contributed by atoms with van der Waals surface area (Å²) < 4.78 is 14.4. The van der Waals surface area contributed by atoms with Crippen LogP contribution in [-0.2, 0) is 4.84 Å².